The van der Waals surface area contributed by atoms with E-state index in [9.17, 15) is 9.90 Å². The van der Waals surface area contributed by atoms with E-state index in [0.717, 1.165) is 22.0 Å². The van der Waals surface area contributed by atoms with Gasteiger partial charge in [0.2, 0.25) is 0 Å². The number of nitrogens with zero attached hydrogens (tertiary/aromatic N) is 1. The predicted molar refractivity (Wildman–Crippen MR) is 60.3 cm³/mol. The van der Waals surface area contributed by atoms with Crippen molar-refractivity contribution in [1.29, 1.82) is 0 Å². The molecule has 15 heavy (non-hydrogen) atoms. The first-order valence-electron chi connectivity index (χ1n) is 4.80. The van der Waals surface area contributed by atoms with E-state index < -0.39 is 0 Å². The van der Waals surface area contributed by atoms with Crippen molar-refractivity contribution in [3.8, 4) is 5.75 Å². The molecule has 0 fully saturated rings. The first-order chi connectivity index (χ1) is 7.00. The number of benzene rings is 1. The Balaban J connectivity index is 3.00. The average molecular weight is 203 g/mol. The molecule has 0 radical (unpaired) electrons. The molecule has 0 aliphatic heterocycles. The monoisotopic (exact) mass is 203 g/mol. The summed E-state index contributed by atoms with van der Waals surface area (Å²) in [7, 11) is 1.71. The third-order valence-electron chi connectivity index (χ3n) is 2.72. The number of phenolic OH excluding ortho intramolecular Hbond substituents is 1. The maximum absolute atomic E-state index is 11.7. The summed E-state index contributed by atoms with van der Waals surface area (Å²) in [5, 5.41) is 10.6. The molecule has 0 atom stereocenters. The van der Waals surface area contributed by atoms with E-state index in [-0.39, 0.29) is 11.3 Å². The van der Waals surface area contributed by atoms with Gasteiger partial charge in [-0.1, -0.05) is 0 Å². The van der Waals surface area contributed by atoms with Gasteiger partial charge in [-0.3, -0.25) is 4.79 Å². The SMILES string of the molecule is Cc1cc2cc(C)c(=O)n(C)c2cc1O. The van der Waals surface area contributed by atoms with Crippen LogP contribution in [0, 0.1) is 13.8 Å². The first kappa shape index (κ1) is 9.77. The van der Waals surface area contributed by atoms with Crippen LogP contribution in [0.2, 0.25) is 0 Å². The van der Waals surface area contributed by atoms with Gasteiger partial charge in [0.1, 0.15) is 5.75 Å². The van der Waals surface area contributed by atoms with Crippen LogP contribution < -0.4 is 5.56 Å². The molecule has 0 saturated carbocycles. The lowest BCUT2D eigenvalue weighted by Gasteiger charge is -2.08. The highest BCUT2D eigenvalue weighted by molar-refractivity contribution is 5.82. The number of aryl methyl sites for hydroxylation is 3. The molecule has 0 unspecified atom stereocenters. The Morgan fingerprint density at radius 2 is 1.73 bits per heavy atom. The van der Waals surface area contributed by atoms with Crippen molar-refractivity contribution in [3.05, 3.63) is 39.7 Å². The fourth-order valence-corrected chi connectivity index (χ4v) is 1.78. The van der Waals surface area contributed by atoms with E-state index in [1.54, 1.807) is 24.6 Å². The Labute approximate surface area is 87.6 Å². The molecule has 2 rings (SSSR count). The highest BCUT2D eigenvalue weighted by atomic mass is 16.3. The number of fused-ring (bicyclic) bond motifs is 1. The van der Waals surface area contributed by atoms with Gasteiger partial charge in [-0.15, -0.1) is 0 Å². The van der Waals surface area contributed by atoms with Gasteiger partial charge in [-0.05, 0) is 36.9 Å². The zero-order valence-electron chi connectivity index (χ0n) is 9.03. The van der Waals surface area contributed by atoms with Gasteiger partial charge in [-0.2, -0.15) is 0 Å². The molecule has 3 nitrogen and oxygen atoms in total. The summed E-state index contributed by atoms with van der Waals surface area (Å²) in [5.74, 6) is 0.223. The van der Waals surface area contributed by atoms with Gasteiger partial charge in [-0.25, -0.2) is 0 Å². The summed E-state index contributed by atoms with van der Waals surface area (Å²) in [6.07, 6.45) is 0. The molecule has 0 aliphatic carbocycles. The number of aromatic nitrogens is 1. The van der Waals surface area contributed by atoms with Crippen LogP contribution in [-0.2, 0) is 7.05 Å². The van der Waals surface area contributed by atoms with Crippen molar-refractivity contribution in [1.82, 2.24) is 4.57 Å². The van der Waals surface area contributed by atoms with Crippen molar-refractivity contribution in [2.75, 3.05) is 0 Å². The number of phenols is 1. The van der Waals surface area contributed by atoms with Crippen LogP contribution in [0.25, 0.3) is 10.9 Å². The molecule has 78 valence electrons. The van der Waals surface area contributed by atoms with Crippen molar-refractivity contribution < 1.29 is 5.11 Å². The Morgan fingerprint density at radius 3 is 2.40 bits per heavy atom. The molecule has 0 amide bonds. The molecule has 0 aliphatic rings. The van der Waals surface area contributed by atoms with Gasteiger partial charge in [0, 0.05) is 18.7 Å². The van der Waals surface area contributed by atoms with Crippen LogP contribution in [-0.4, -0.2) is 9.67 Å². The van der Waals surface area contributed by atoms with E-state index >= 15 is 0 Å². The van der Waals surface area contributed by atoms with E-state index in [0.29, 0.717) is 0 Å². The van der Waals surface area contributed by atoms with Crippen LogP contribution in [0.5, 0.6) is 5.75 Å². The standard InChI is InChI=1S/C12H13NO2/c1-7-4-9-5-8(2)12(15)13(3)10(9)6-11(7)14/h4-6,14H,1-3H3. The predicted octanol–water partition coefficient (Wildman–Crippen LogP) is 1.86. The maximum atomic E-state index is 11.7. The van der Waals surface area contributed by atoms with Crippen LogP contribution in [0.3, 0.4) is 0 Å². The largest absolute Gasteiger partial charge is 0.508 e. The smallest absolute Gasteiger partial charge is 0.253 e. The van der Waals surface area contributed by atoms with Crippen LogP contribution in [0.4, 0.5) is 0 Å². The Hall–Kier alpha value is -1.77. The number of pyridine rings is 1. The lowest BCUT2D eigenvalue weighted by Crippen LogP contribution is -2.19. The number of hydrogen-bond acceptors (Lipinski definition) is 2. The number of aromatic hydroxyl groups is 1. The van der Waals surface area contributed by atoms with E-state index in [1.165, 1.54) is 0 Å². The maximum Gasteiger partial charge on any atom is 0.253 e. The van der Waals surface area contributed by atoms with Gasteiger partial charge >= 0.3 is 0 Å². The van der Waals surface area contributed by atoms with E-state index in [4.69, 9.17) is 0 Å². The molecular formula is C12H13NO2. The summed E-state index contributed by atoms with van der Waals surface area (Å²) >= 11 is 0. The third-order valence-corrected chi connectivity index (χ3v) is 2.72. The number of hydrogen-bond donors (Lipinski definition) is 1. The van der Waals surface area contributed by atoms with E-state index in [2.05, 4.69) is 0 Å². The number of rotatable bonds is 0. The summed E-state index contributed by atoms with van der Waals surface area (Å²) in [4.78, 5) is 11.7. The minimum atomic E-state index is -0.0225. The fraction of sp³-hybridized carbons (Fsp3) is 0.250. The Morgan fingerprint density at radius 1 is 1.13 bits per heavy atom. The summed E-state index contributed by atoms with van der Waals surface area (Å²) in [6.45, 7) is 3.64. The van der Waals surface area contributed by atoms with Gasteiger partial charge < -0.3 is 9.67 Å². The molecule has 1 aromatic carbocycles. The normalized spacial score (nSPS) is 10.9. The quantitative estimate of drug-likeness (QED) is 0.710. The minimum Gasteiger partial charge on any atom is -0.508 e. The van der Waals surface area contributed by atoms with Crippen molar-refractivity contribution >= 4 is 10.9 Å². The van der Waals surface area contributed by atoms with Gasteiger partial charge in [0.15, 0.2) is 0 Å². The van der Waals surface area contributed by atoms with Gasteiger partial charge in [0.05, 0.1) is 5.52 Å². The summed E-state index contributed by atoms with van der Waals surface area (Å²) in [6, 6.07) is 5.37. The van der Waals surface area contributed by atoms with Crippen LogP contribution in [0.15, 0.2) is 23.0 Å². The van der Waals surface area contributed by atoms with Crippen LogP contribution in [0.1, 0.15) is 11.1 Å². The average Bonchev–Trinajstić information content (AvgIpc) is 2.19. The molecule has 2 aromatic rings. The molecule has 0 bridgehead atoms. The first-order valence-corrected chi connectivity index (χ1v) is 4.80. The minimum absolute atomic E-state index is 0.0225. The van der Waals surface area contributed by atoms with Crippen LogP contribution >= 0.6 is 0 Å². The van der Waals surface area contributed by atoms with Crippen molar-refractivity contribution in [2.24, 2.45) is 7.05 Å². The highest BCUT2D eigenvalue weighted by Gasteiger charge is 2.05. The third kappa shape index (κ3) is 1.40. The Kier molecular flexibility index (Phi) is 2.03. The molecular weight excluding hydrogens is 190 g/mol. The van der Waals surface area contributed by atoms with Gasteiger partial charge in [0.25, 0.3) is 5.56 Å². The second-order valence-electron chi connectivity index (χ2n) is 3.89. The zero-order valence-corrected chi connectivity index (χ0v) is 9.03. The zero-order chi connectivity index (χ0) is 11.2. The molecule has 1 N–H and O–H groups in total. The fourth-order valence-electron chi connectivity index (χ4n) is 1.78. The molecule has 1 aromatic heterocycles. The molecule has 3 heteroatoms. The molecule has 0 saturated heterocycles. The lowest BCUT2D eigenvalue weighted by molar-refractivity contribution is 0.471. The summed E-state index contributed by atoms with van der Waals surface area (Å²) in [5.41, 5.74) is 2.27. The highest BCUT2D eigenvalue weighted by Crippen LogP contribution is 2.23. The summed E-state index contributed by atoms with van der Waals surface area (Å²) < 4.78 is 1.56. The second kappa shape index (κ2) is 3.12. The topological polar surface area (TPSA) is 42.2 Å². The Bertz CT molecular complexity index is 597. The molecule has 1 heterocycles. The van der Waals surface area contributed by atoms with Crippen molar-refractivity contribution in [2.45, 2.75) is 13.8 Å². The second-order valence-corrected chi connectivity index (χ2v) is 3.89. The molecule has 0 spiro atoms. The van der Waals surface area contributed by atoms with E-state index in [1.807, 2.05) is 19.1 Å². The lowest BCUT2D eigenvalue weighted by atomic mass is 10.1. The van der Waals surface area contributed by atoms with Crippen molar-refractivity contribution in [3.63, 3.8) is 0 Å².